The number of carbonyl (C=O) groups is 1. The lowest BCUT2D eigenvalue weighted by Gasteiger charge is -2.09. The average Bonchev–Trinajstić information content (AvgIpc) is 2.99. The Balaban J connectivity index is 1.91. The molecule has 0 unspecified atom stereocenters. The second-order valence-electron chi connectivity index (χ2n) is 4.87. The molecule has 0 saturated heterocycles. The molecule has 0 radical (unpaired) electrons. The Morgan fingerprint density at radius 2 is 2.05 bits per heavy atom. The van der Waals surface area contributed by atoms with E-state index in [1.807, 2.05) is 36.5 Å². The van der Waals surface area contributed by atoms with Crippen LogP contribution in [0.15, 0.2) is 48.8 Å². The van der Waals surface area contributed by atoms with Crippen molar-refractivity contribution in [2.75, 3.05) is 14.2 Å². The van der Waals surface area contributed by atoms with Crippen LogP contribution in [0, 0.1) is 0 Å². The van der Waals surface area contributed by atoms with Gasteiger partial charge in [0.2, 0.25) is 0 Å². The number of rotatable bonds is 5. The zero-order valence-electron chi connectivity index (χ0n) is 12.4. The Morgan fingerprint density at radius 3 is 2.82 bits per heavy atom. The molecule has 3 rings (SSSR count). The Labute approximate surface area is 128 Å². The van der Waals surface area contributed by atoms with Crippen molar-refractivity contribution in [3.8, 4) is 11.5 Å². The van der Waals surface area contributed by atoms with Crippen LogP contribution in [0.3, 0.4) is 0 Å². The van der Waals surface area contributed by atoms with Crippen LogP contribution >= 0.6 is 0 Å². The molecule has 2 aromatic heterocycles. The molecule has 0 aliphatic carbocycles. The summed E-state index contributed by atoms with van der Waals surface area (Å²) in [6, 6.07) is 11.1. The van der Waals surface area contributed by atoms with Gasteiger partial charge in [-0.15, -0.1) is 0 Å². The quantitative estimate of drug-likeness (QED) is 0.679. The topological polar surface area (TPSA) is 52.8 Å². The molecular formula is C17H16N2O3. The molecule has 0 atom stereocenters. The number of fused-ring (bicyclic) bond motifs is 1. The van der Waals surface area contributed by atoms with Crippen molar-refractivity contribution in [2.45, 2.75) is 6.42 Å². The molecule has 3 aromatic rings. The van der Waals surface area contributed by atoms with Crippen molar-refractivity contribution in [2.24, 2.45) is 0 Å². The average molecular weight is 296 g/mol. The van der Waals surface area contributed by atoms with E-state index in [0.29, 0.717) is 17.1 Å². The first-order valence-electron chi connectivity index (χ1n) is 6.89. The number of ketones is 1. The van der Waals surface area contributed by atoms with E-state index in [1.165, 1.54) is 0 Å². The number of Topliss-reactive ketones (excluding diaryl/α,β-unsaturated/α-hetero) is 1. The lowest BCUT2D eigenvalue weighted by Crippen LogP contribution is -2.05. The van der Waals surface area contributed by atoms with Crippen LogP contribution in [0.4, 0.5) is 0 Å². The van der Waals surface area contributed by atoms with E-state index in [4.69, 9.17) is 9.47 Å². The number of pyridine rings is 1. The third-order valence-electron chi connectivity index (χ3n) is 3.57. The number of hydrogen-bond acceptors (Lipinski definition) is 4. The van der Waals surface area contributed by atoms with Gasteiger partial charge in [-0.1, -0.05) is 12.1 Å². The maximum Gasteiger partial charge on any atom is 0.171 e. The summed E-state index contributed by atoms with van der Waals surface area (Å²) < 4.78 is 12.2. The lowest BCUT2D eigenvalue weighted by atomic mass is 10.0. The summed E-state index contributed by atoms with van der Waals surface area (Å²) in [7, 11) is 3.18. The highest BCUT2D eigenvalue weighted by Crippen LogP contribution is 2.26. The molecule has 0 fully saturated rings. The van der Waals surface area contributed by atoms with Crippen LogP contribution in [0.25, 0.3) is 5.52 Å². The molecular weight excluding hydrogens is 280 g/mol. The van der Waals surface area contributed by atoms with E-state index >= 15 is 0 Å². The van der Waals surface area contributed by atoms with Crippen LogP contribution in [-0.2, 0) is 6.42 Å². The number of benzene rings is 1. The Bertz CT molecular complexity index is 824. The van der Waals surface area contributed by atoms with Gasteiger partial charge in [0, 0.05) is 24.2 Å². The molecule has 0 amide bonds. The number of ether oxygens (including phenoxy) is 2. The van der Waals surface area contributed by atoms with Crippen molar-refractivity contribution in [3.05, 3.63) is 59.9 Å². The van der Waals surface area contributed by atoms with Gasteiger partial charge in [0.1, 0.15) is 11.5 Å². The summed E-state index contributed by atoms with van der Waals surface area (Å²) in [6.45, 7) is 0. The Morgan fingerprint density at radius 1 is 1.18 bits per heavy atom. The van der Waals surface area contributed by atoms with Crippen molar-refractivity contribution in [1.29, 1.82) is 0 Å². The number of methoxy groups -OCH3 is 2. The van der Waals surface area contributed by atoms with Gasteiger partial charge in [-0.25, -0.2) is 4.52 Å². The van der Waals surface area contributed by atoms with Crippen LogP contribution in [0.2, 0.25) is 0 Å². The first-order chi connectivity index (χ1) is 10.7. The first kappa shape index (κ1) is 14.1. The molecule has 0 saturated carbocycles. The third-order valence-corrected chi connectivity index (χ3v) is 3.57. The monoisotopic (exact) mass is 296 g/mol. The van der Waals surface area contributed by atoms with Gasteiger partial charge in [0.25, 0.3) is 0 Å². The standard InChI is InChI=1S/C17H16N2O3/c1-21-13-7-6-12(17(10-13)22-2)9-16(20)14-11-18-19-8-4-3-5-15(14)19/h3-8,10-11H,9H2,1-2H3. The number of aromatic nitrogens is 2. The molecule has 112 valence electrons. The van der Waals surface area contributed by atoms with Gasteiger partial charge < -0.3 is 9.47 Å². The highest BCUT2D eigenvalue weighted by Gasteiger charge is 2.15. The van der Waals surface area contributed by atoms with E-state index in [0.717, 1.165) is 11.1 Å². The second-order valence-corrected chi connectivity index (χ2v) is 4.87. The van der Waals surface area contributed by atoms with Crippen molar-refractivity contribution >= 4 is 11.3 Å². The molecule has 2 heterocycles. The largest absolute Gasteiger partial charge is 0.497 e. The fourth-order valence-corrected chi connectivity index (χ4v) is 2.42. The van der Waals surface area contributed by atoms with E-state index in [2.05, 4.69) is 5.10 Å². The minimum absolute atomic E-state index is 0.00432. The van der Waals surface area contributed by atoms with E-state index in [-0.39, 0.29) is 12.2 Å². The fraction of sp³-hybridized carbons (Fsp3) is 0.176. The van der Waals surface area contributed by atoms with Crippen molar-refractivity contribution < 1.29 is 14.3 Å². The smallest absolute Gasteiger partial charge is 0.171 e. The molecule has 0 aliphatic heterocycles. The normalized spacial score (nSPS) is 10.6. The van der Waals surface area contributed by atoms with Crippen LogP contribution in [0.1, 0.15) is 15.9 Å². The van der Waals surface area contributed by atoms with Gasteiger partial charge in [0.05, 0.1) is 31.5 Å². The minimum Gasteiger partial charge on any atom is -0.497 e. The number of hydrogen-bond donors (Lipinski definition) is 0. The molecule has 0 bridgehead atoms. The van der Waals surface area contributed by atoms with Gasteiger partial charge in [-0.2, -0.15) is 5.10 Å². The third kappa shape index (κ3) is 2.53. The first-order valence-corrected chi connectivity index (χ1v) is 6.89. The van der Waals surface area contributed by atoms with Crippen LogP contribution < -0.4 is 9.47 Å². The predicted octanol–water partition coefficient (Wildman–Crippen LogP) is 2.78. The Kier molecular flexibility index (Phi) is 3.78. The lowest BCUT2D eigenvalue weighted by molar-refractivity contribution is 0.0993. The van der Waals surface area contributed by atoms with Crippen molar-refractivity contribution in [3.63, 3.8) is 0 Å². The minimum atomic E-state index is 0.00432. The molecule has 22 heavy (non-hydrogen) atoms. The van der Waals surface area contributed by atoms with Gasteiger partial charge in [0.15, 0.2) is 5.78 Å². The Hall–Kier alpha value is -2.82. The maximum atomic E-state index is 12.6. The fourth-order valence-electron chi connectivity index (χ4n) is 2.42. The number of nitrogens with zero attached hydrogens (tertiary/aromatic N) is 2. The zero-order chi connectivity index (χ0) is 15.5. The van der Waals surface area contributed by atoms with Crippen LogP contribution in [-0.4, -0.2) is 29.6 Å². The number of carbonyl (C=O) groups excluding carboxylic acids is 1. The SMILES string of the molecule is COc1ccc(CC(=O)c2cnn3ccccc23)c(OC)c1. The highest BCUT2D eigenvalue weighted by molar-refractivity contribution is 6.03. The molecule has 5 nitrogen and oxygen atoms in total. The molecule has 0 spiro atoms. The van der Waals surface area contributed by atoms with Gasteiger partial charge in [-0.3, -0.25) is 4.79 Å². The summed E-state index contributed by atoms with van der Waals surface area (Å²) in [6.07, 6.45) is 3.68. The van der Waals surface area contributed by atoms with Crippen molar-refractivity contribution in [1.82, 2.24) is 9.61 Å². The summed E-state index contributed by atoms with van der Waals surface area (Å²) in [5, 5.41) is 4.20. The zero-order valence-corrected chi connectivity index (χ0v) is 12.4. The molecule has 5 heteroatoms. The van der Waals surface area contributed by atoms with E-state index in [9.17, 15) is 4.79 Å². The summed E-state index contributed by atoms with van der Waals surface area (Å²) in [5.41, 5.74) is 2.24. The molecule has 1 aromatic carbocycles. The van der Waals surface area contributed by atoms with Gasteiger partial charge in [-0.05, 0) is 18.2 Å². The molecule has 0 aliphatic rings. The summed E-state index contributed by atoms with van der Waals surface area (Å²) in [4.78, 5) is 12.6. The summed E-state index contributed by atoms with van der Waals surface area (Å²) >= 11 is 0. The predicted molar refractivity (Wildman–Crippen MR) is 82.8 cm³/mol. The second kappa shape index (κ2) is 5.89. The van der Waals surface area contributed by atoms with E-state index < -0.39 is 0 Å². The van der Waals surface area contributed by atoms with Gasteiger partial charge >= 0.3 is 0 Å². The summed E-state index contributed by atoms with van der Waals surface area (Å²) in [5.74, 6) is 1.35. The molecule has 0 N–H and O–H groups in total. The highest BCUT2D eigenvalue weighted by atomic mass is 16.5. The van der Waals surface area contributed by atoms with E-state index in [1.54, 1.807) is 31.0 Å². The maximum absolute atomic E-state index is 12.6. The van der Waals surface area contributed by atoms with Crippen LogP contribution in [0.5, 0.6) is 11.5 Å².